The van der Waals surface area contributed by atoms with Gasteiger partial charge in [-0.1, -0.05) is 24.3 Å². The van der Waals surface area contributed by atoms with Crippen molar-refractivity contribution >= 4 is 11.8 Å². The summed E-state index contributed by atoms with van der Waals surface area (Å²) in [5, 5.41) is 2.49. The van der Waals surface area contributed by atoms with Crippen LogP contribution in [0.2, 0.25) is 0 Å². The van der Waals surface area contributed by atoms with E-state index in [1.807, 2.05) is 29.2 Å². The Hall–Kier alpha value is -2.94. The Balaban J connectivity index is 1.31. The van der Waals surface area contributed by atoms with E-state index in [2.05, 4.69) is 10.3 Å². The van der Waals surface area contributed by atoms with E-state index in [1.165, 1.54) is 12.3 Å². The zero-order valence-corrected chi connectivity index (χ0v) is 19.9. The molecule has 188 valence electrons. The molecule has 2 aliphatic rings. The topological polar surface area (TPSA) is 65.5 Å². The van der Waals surface area contributed by atoms with Crippen molar-refractivity contribution in [3.63, 3.8) is 0 Å². The minimum absolute atomic E-state index is 0.0756. The number of halogens is 3. The summed E-state index contributed by atoms with van der Waals surface area (Å²) in [4.78, 5) is 32.1. The second-order valence-corrected chi connectivity index (χ2v) is 9.58. The molecule has 2 aromatic rings. The molecule has 1 atom stereocenters. The number of amides is 2. The van der Waals surface area contributed by atoms with Gasteiger partial charge in [-0.15, -0.1) is 0 Å². The van der Waals surface area contributed by atoms with Crippen LogP contribution < -0.4 is 5.32 Å². The van der Waals surface area contributed by atoms with Crippen molar-refractivity contribution in [1.29, 1.82) is 0 Å². The summed E-state index contributed by atoms with van der Waals surface area (Å²) < 4.78 is 41.2. The molecule has 4 rings (SSSR count). The first kappa shape index (κ1) is 25.2. The smallest absolute Gasteiger partial charge is 0.351 e. The quantitative estimate of drug-likeness (QED) is 0.644. The van der Waals surface area contributed by atoms with Crippen LogP contribution in [0.3, 0.4) is 0 Å². The van der Waals surface area contributed by atoms with Crippen LogP contribution >= 0.6 is 0 Å². The number of nitrogens with zero attached hydrogens (tertiary/aromatic N) is 3. The zero-order valence-electron chi connectivity index (χ0n) is 19.9. The van der Waals surface area contributed by atoms with Gasteiger partial charge in [0.1, 0.15) is 0 Å². The van der Waals surface area contributed by atoms with Gasteiger partial charge in [-0.3, -0.25) is 19.5 Å². The zero-order chi connectivity index (χ0) is 25.0. The molecule has 0 saturated carbocycles. The number of fused-ring (bicyclic) bond motifs is 1. The highest BCUT2D eigenvalue weighted by Crippen LogP contribution is 2.30. The summed E-state index contributed by atoms with van der Waals surface area (Å²) in [7, 11) is 0. The maximum atomic E-state index is 13.7. The average molecular weight is 489 g/mol. The third-order valence-corrected chi connectivity index (χ3v) is 6.99. The molecule has 1 saturated heterocycles. The second-order valence-electron chi connectivity index (χ2n) is 9.58. The van der Waals surface area contributed by atoms with E-state index in [9.17, 15) is 22.8 Å². The molecule has 3 heterocycles. The second kappa shape index (κ2) is 10.8. The number of carbonyl (C=O) groups is 2. The van der Waals surface area contributed by atoms with Gasteiger partial charge in [0.05, 0.1) is 5.92 Å². The number of aromatic nitrogens is 1. The maximum absolute atomic E-state index is 13.7. The summed E-state index contributed by atoms with van der Waals surface area (Å²) in [6.45, 7) is 3.31. The van der Waals surface area contributed by atoms with Gasteiger partial charge >= 0.3 is 6.18 Å². The van der Waals surface area contributed by atoms with Gasteiger partial charge in [-0.2, -0.15) is 13.2 Å². The van der Waals surface area contributed by atoms with Crippen molar-refractivity contribution in [3.8, 4) is 0 Å². The minimum Gasteiger partial charge on any atom is -0.351 e. The van der Waals surface area contributed by atoms with E-state index >= 15 is 0 Å². The number of pyridine rings is 1. The normalized spacial score (nSPS) is 17.8. The molecular weight excluding hydrogens is 457 g/mol. The van der Waals surface area contributed by atoms with Crippen molar-refractivity contribution in [2.45, 2.75) is 45.5 Å². The van der Waals surface area contributed by atoms with Crippen molar-refractivity contribution < 1.29 is 22.8 Å². The summed E-state index contributed by atoms with van der Waals surface area (Å²) >= 11 is 0. The summed E-state index contributed by atoms with van der Waals surface area (Å²) in [5.74, 6) is -1.75. The SMILES string of the molecule is CC(=O)N1CCC(Cc2cc(C(=O)NC[C@@H](CN3Cc4ccccc4C3)C(F)(F)F)ccn2)CC1. The van der Waals surface area contributed by atoms with Crippen molar-refractivity contribution in [1.82, 2.24) is 20.1 Å². The molecule has 1 N–H and O–H groups in total. The van der Waals surface area contributed by atoms with Crippen LogP contribution in [0.5, 0.6) is 0 Å². The molecule has 35 heavy (non-hydrogen) atoms. The highest BCUT2D eigenvalue weighted by molar-refractivity contribution is 5.94. The Labute approximate surface area is 203 Å². The first-order chi connectivity index (χ1) is 16.7. The van der Waals surface area contributed by atoms with Crippen LogP contribution in [0.15, 0.2) is 42.6 Å². The molecule has 1 fully saturated rings. The standard InChI is InChI=1S/C26H31F3N4O2/c1-18(34)33-10-7-19(8-11-33)12-24-13-20(6-9-30-24)25(35)31-14-23(26(27,28)29)17-32-15-21-4-2-3-5-22(21)16-32/h2-6,9,13,19,23H,7-8,10-12,14-17H2,1H3,(H,31,35)/t23-/m0/s1. The van der Waals surface area contributed by atoms with Gasteiger partial charge < -0.3 is 10.2 Å². The number of hydrogen-bond acceptors (Lipinski definition) is 4. The third-order valence-electron chi connectivity index (χ3n) is 6.99. The molecule has 2 amide bonds. The molecule has 2 aliphatic heterocycles. The molecule has 6 nitrogen and oxygen atoms in total. The van der Waals surface area contributed by atoms with Crippen LogP contribution in [0.4, 0.5) is 13.2 Å². The van der Waals surface area contributed by atoms with Gasteiger partial charge in [-0.25, -0.2) is 0 Å². The third kappa shape index (κ3) is 6.60. The molecular formula is C26H31F3N4O2. The average Bonchev–Trinajstić information content (AvgIpc) is 3.24. The van der Waals surface area contributed by atoms with E-state index < -0.39 is 24.5 Å². The number of likely N-dealkylation sites (tertiary alicyclic amines) is 1. The number of alkyl halides is 3. The van der Waals surface area contributed by atoms with Crippen molar-refractivity contribution in [3.05, 3.63) is 65.0 Å². The molecule has 0 radical (unpaired) electrons. The first-order valence-corrected chi connectivity index (χ1v) is 12.0. The Morgan fingerprint density at radius 1 is 1.11 bits per heavy atom. The number of benzene rings is 1. The van der Waals surface area contributed by atoms with Gasteiger partial charge in [0.15, 0.2) is 0 Å². The molecule has 1 aromatic carbocycles. The van der Waals surface area contributed by atoms with E-state index in [1.54, 1.807) is 17.9 Å². The van der Waals surface area contributed by atoms with E-state index in [0.29, 0.717) is 44.1 Å². The maximum Gasteiger partial charge on any atom is 0.394 e. The summed E-state index contributed by atoms with van der Waals surface area (Å²) in [5.41, 5.74) is 3.15. The van der Waals surface area contributed by atoms with Crippen molar-refractivity contribution in [2.24, 2.45) is 11.8 Å². The molecule has 1 aromatic heterocycles. The largest absolute Gasteiger partial charge is 0.394 e. The van der Waals surface area contributed by atoms with Crippen LogP contribution in [0.1, 0.15) is 46.9 Å². The Morgan fingerprint density at radius 2 is 1.77 bits per heavy atom. The van der Waals surface area contributed by atoms with Gasteiger partial charge in [0.2, 0.25) is 5.91 Å². The molecule has 9 heteroatoms. The fourth-order valence-electron chi connectivity index (χ4n) is 4.93. The molecule has 0 unspecified atom stereocenters. The molecule has 0 spiro atoms. The summed E-state index contributed by atoms with van der Waals surface area (Å²) in [6, 6.07) is 10.8. The highest BCUT2D eigenvalue weighted by Gasteiger charge is 2.41. The lowest BCUT2D eigenvalue weighted by Gasteiger charge is -2.31. The van der Waals surface area contributed by atoms with E-state index in [-0.39, 0.29) is 12.5 Å². The summed E-state index contributed by atoms with van der Waals surface area (Å²) in [6.07, 6.45) is -0.484. The van der Waals surface area contributed by atoms with Crippen molar-refractivity contribution in [2.75, 3.05) is 26.2 Å². The fraction of sp³-hybridized carbons (Fsp3) is 0.500. The van der Waals surface area contributed by atoms with Crippen LogP contribution in [0.25, 0.3) is 0 Å². The van der Waals surface area contributed by atoms with Gasteiger partial charge in [-0.05, 0) is 48.4 Å². The number of carbonyl (C=O) groups excluding carboxylic acids is 2. The fourth-order valence-corrected chi connectivity index (χ4v) is 4.93. The van der Waals surface area contributed by atoms with E-state index in [4.69, 9.17) is 0 Å². The molecule has 0 bridgehead atoms. The number of nitrogens with one attached hydrogen (secondary N) is 1. The lowest BCUT2D eigenvalue weighted by atomic mass is 9.91. The highest BCUT2D eigenvalue weighted by atomic mass is 19.4. The molecule has 0 aliphatic carbocycles. The minimum atomic E-state index is -4.42. The number of piperidine rings is 1. The Bertz CT molecular complexity index is 1030. The van der Waals surface area contributed by atoms with E-state index in [0.717, 1.165) is 29.7 Å². The number of rotatable bonds is 7. The van der Waals surface area contributed by atoms with Gasteiger partial charge in [0, 0.05) is 63.6 Å². The van der Waals surface area contributed by atoms with Crippen LogP contribution in [-0.2, 0) is 24.3 Å². The monoisotopic (exact) mass is 488 g/mol. The lowest BCUT2D eigenvalue weighted by molar-refractivity contribution is -0.177. The Kier molecular flexibility index (Phi) is 7.74. The van der Waals surface area contributed by atoms with Crippen LogP contribution in [-0.4, -0.2) is 59.0 Å². The number of hydrogen-bond donors (Lipinski definition) is 1. The first-order valence-electron chi connectivity index (χ1n) is 12.0. The predicted molar refractivity (Wildman–Crippen MR) is 125 cm³/mol. The Morgan fingerprint density at radius 3 is 2.37 bits per heavy atom. The van der Waals surface area contributed by atoms with Gasteiger partial charge in [0.25, 0.3) is 5.91 Å². The lowest BCUT2D eigenvalue weighted by Crippen LogP contribution is -2.42. The van der Waals surface area contributed by atoms with Crippen LogP contribution in [0, 0.1) is 11.8 Å². The predicted octanol–water partition coefficient (Wildman–Crippen LogP) is 3.81.